The topological polar surface area (TPSA) is 67.0 Å². The third-order valence-corrected chi connectivity index (χ3v) is 4.86. The molecule has 1 unspecified atom stereocenters. The summed E-state index contributed by atoms with van der Waals surface area (Å²) in [7, 11) is 1.67. The molecule has 0 bridgehead atoms. The smallest absolute Gasteiger partial charge is 0.261 e. The molecular formula is C22H26ClN3O2. The molecule has 148 valence electrons. The van der Waals surface area contributed by atoms with Crippen LogP contribution in [0.4, 0.5) is 0 Å². The second-order valence-electron chi connectivity index (χ2n) is 6.81. The minimum absolute atomic E-state index is 0.0886. The van der Waals surface area contributed by atoms with E-state index in [2.05, 4.69) is 16.8 Å². The van der Waals surface area contributed by atoms with E-state index in [1.54, 1.807) is 13.2 Å². The van der Waals surface area contributed by atoms with Gasteiger partial charge in [0, 0.05) is 30.1 Å². The van der Waals surface area contributed by atoms with E-state index < -0.39 is 0 Å². The summed E-state index contributed by atoms with van der Waals surface area (Å²) in [6.45, 7) is 7.09. The van der Waals surface area contributed by atoms with Gasteiger partial charge in [0.25, 0.3) is 5.91 Å². The van der Waals surface area contributed by atoms with Crippen LogP contribution in [0.15, 0.2) is 35.9 Å². The fourth-order valence-electron chi connectivity index (χ4n) is 3.35. The first-order valence-corrected chi connectivity index (χ1v) is 9.57. The van der Waals surface area contributed by atoms with Gasteiger partial charge < -0.3 is 14.6 Å². The third kappa shape index (κ3) is 5.48. The monoisotopic (exact) mass is 399 g/mol. The van der Waals surface area contributed by atoms with E-state index in [4.69, 9.17) is 16.3 Å². The Kier molecular flexibility index (Phi) is 7.86. The maximum atomic E-state index is 12.4. The van der Waals surface area contributed by atoms with Crippen LogP contribution in [0.2, 0.25) is 5.02 Å². The SMILES string of the molecule is COCC(C)n1c(C)cc(/C=C(/C#N)C(=O)NCCc2cccc(Cl)c2)c1C. The van der Waals surface area contributed by atoms with E-state index in [1.165, 1.54) is 0 Å². The Morgan fingerprint density at radius 2 is 2.14 bits per heavy atom. The Morgan fingerprint density at radius 1 is 1.39 bits per heavy atom. The van der Waals surface area contributed by atoms with Crippen molar-refractivity contribution < 1.29 is 9.53 Å². The molecule has 1 N–H and O–H groups in total. The third-order valence-electron chi connectivity index (χ3n) is 4.63. The Balaban J connectivity index is 2.09. The second-order valence-corrected chi connectivity index (χ2v) is 7.24. The Labute approximate surface area is 171 Å². The summed E-state index contributed by atoms with van der Waals surface area (Å²) in [5, 5.41) is 12.9. The maximum Gasteiger partial charge on any atom is 0.261 e. The molecule has 0 aliphatic heterocycles. The average Bonchev–Trinajstić information content (AvgIpc) is 2.93. The number of carbonyl (C=O) groups excluding carboxylic acids is 1. The van der Waals surface area contributed by atoms with E-state index in [0.29, 0.717) is 24.6 Å². The number of carbonyl (C=O) groups is 1. The van der Waals surface area contributed by atoms with Gasteiger partial charge in [-0.1, -0.05) is 23.7 Å². The van der Waals surface area contributed by atoms with Gasteiger partial charge in [0.15, 0.2) is 0 Å². The summed E-state index contributed by atoms with van der Waals surface area (Å²) >= 11 is 5.97. The van der Waals surface area contributed by atoms with Crippen LogP contribution in [0.1, 0.15) is 35.5 Å². The molecule has 0 fully saturated rings. The second kappa shape index (κ2) is 10.1. The zero-order valence-corrected chi connectivity index (χ0v) is 17.5. The summed E-state index contributed by atoms with van der Waals surface area (Å²) in [5.41, 5.74) is 4.05. The highest BCUT2D eigenvalue weighted by Gasteiger charge is 2.15. The molecule has 0 radical (unpaired) electrons. The van der Waals surface area contributed by atoms with Crippen molar-refractivity contribution >= 4 is 23.6 Å². The molecule has 2 aromatic rings. The number of rotatable bonds is 8. The van der Waals surface area contributed by atoms with Crippen molar-refractivity contribution in [3.8, 4) is 6.07 Å². The lowest BCUT2D eigenvalue weighted by molar-refractivity contribution is -0.117. The normalized spacial score (nSPS) is 12.5. The highest BCUT2D eigenvalue weighted by atomic mass is 35.5. The number of nitrogens with zero attached hydrogens (tertiary/aromatic N) is 2. The summed E-state index contributed by atoms with van der Waals surface area (Å²) < 4.78 is 7.40. The van der Waals surface area contributed by atoms with Gasteiger partial charge in [-0.25, -0.2) is 0 Å². The van der Waals surface area contributed by atoms with Crippen LogP contribution in [-0.4, -0.2) is 30.7 Å². The van der Waals surface area contributed by atoms with E-state index in [-0.39, 0.29) is 17.5 Å². The molecule has 1 heterocycles. The predicted octanol–water partition coefficient (Wildman–Crippen LogP) is 4.23. The van der Waals surface area contributed by atoms with Gasteiger partial charge in [-0.3, -0.25) is 4.79 Å². The first kappa shape index (κ1) is 21.7. The fraction of sp³-hybridized carbons (Fsp3) is 0.364. The Morgan fingerprint density at radius 3 is 2.79 bits per heavy atom. The first-order valence-electron chi connectivity index (χ1n) is 9.19. The number of amides is 1. The Hall–Kier alpha value is -2.55. The van der Waals surface area contributed by atoms with Gasteiger partial charge in [0.1, 0.15) is 11.6 Å². The van der Waals surface area contributed by atoms with Crippen molar-refractivity contribution in [2.45, 2.75) is 33.2 Å². The number of ether oxygens (including phenoxy) is 1. The predicted molar refractivity (Wildman–Crippen MR) is 112 cm³/mol. The first-order chi connectivity index (χ1) is 13.4. The largest absolute Gasteiger partial charge is 0.383 e. The summed E-state index contributed by atoms with van der Waals surface area (Å²) in [4.78, 5) is 12.4. The standard InChI is InChI=1S/C22H26ClN3O2/c1-15-10-19(17(3)26(15)16(2)14-28-4)12-20(13-24)22(27)25-9-8-18-6-5-7-21(23)11-18/h5-7,10-12,16H,8-9,14H2,1-4H3,(H,25,27)/b20-12-. The van der Waals surface area contributed by atoms with Crippen LogP contribution >= 0.6 is 11.6 Å². The molecule has 0 spiro atoms. The van der Waals surface area contributed by atoms with Crippen molar-refractivity contribution in [1.82, 2.24) is 9.88 Å². The lowest BCUT2D eigenvalue weighted by Gasteiger charge is -2.17. The molecular weight excluding hydrogens is 374 g/mol. The lowest BCUT2D eigenvalue weighted by Crippen LogP contribution is -2.26. The minimum atomic E-state index is -0.376. The molecule has 1 aromatic heterocycles. The number of halogens is 1. The number of nitrogens with one attached hydrogen (secondary N) is 1. The summed E-state index contributed by atoms with van der Waals surface area (Å²) in [6.07, 6.45) is 2.29. The molecule has 6 heteroatoms. The number of aromatic nitrogens is 1. The number of benzene rings is 1. The van der Waals surface area contributed by atoms with Gasteiger partial charge in [0.05, 0.1) is 12.6 Å². The highest BCUT2D eigenvalue weighted by Crippen LogP contribution is 2.22. The molecule has 1 aromatic carbocycles. The van der Waals surface area contributed by atoms with Crippen LogP contribution in [0, 0.1) is 25.2 Å². The van der Waals surface area contributed by atoms with Crippen LogP contribution in [0.3, 0.4) is 0 Å². The van der Waals surface area contributed by atoms with E-state index in [0.717, 1.165) is 22.5 Å². The van der Waals surface area contributed by atoms with Crippen LogP contribution in [-0.2, 0) is 16.0 Å². The van der Waals surface area contributed by atoms with Gasteiger partial charge >= 0.3 is 0 Å². The molecule has 5 nitrogen and oxygen atoms in total. The molecule has 0 aliphatic carbocycles. The van der Waals surface area contributed by atoms with Gasteiger partial charge in [-0.05, 0) is 62.6 Å². The lowest BCUT2D eigenvalue weighted by atomic mass is 10.1. The van der Waals surface area contributed by atoms with Crippen molar-refractivity contribution in [3.05, 3.63) is 63.4 Å². The molecule has 0 saturated carbocycles. The van der Waals surface area contributed by atoms with Gasteiger partial charge in [-0.15, -0.1) is 0 Å². The molecule has 28 heavy (non-hydrogen) atoms. The number of hydrogen-bond donors (Lipinski definition) is 1. The number of aryl methyl sites for hydroxylation is 1. The quantitative estimate of drug-likeness (QED) is 0.533. The van der Waals surface area contributed by atoms with Gasteiger partial charge in [-0.2, -0.15) is 5.26 Å². The Bertz CT molecular complexity index is 909. The zero-order chi connectivity index (χ0) is 20.7. The number of hydrogen-bond acceptors (Lipinski definition) is 3. The summed E-state index contributed by atoms with van der Waals surface area (Å²) in [5.74, 6) is -0.376. The van der Waals surface area contributed by atoms with Crippen molar-refractivity contribution in [3.63, 3.8) is 0 Å². The van der Waals surface area contributed by atoms with Crippen molar-refractivity contribution in [2.75, 3.05) is 20.3 Å². The average molecular weight is 400 g/mol. The zero-order valence-electron chi connectivity index (χ0n) is 16.8. The molecule has 2 rings (SSSR count). The van der Waals surface area contributed by atoms with Crippen LogP contribution in [0.25, 0.3) is 6.08 Å². The summed E-state index contributed by atoms with van der Waals surface area (Å²) in [6, 6.07) is 11.7. The van der Waals surface area contributed by atoms with Gasteiger partial charge in [0.2, 0.25) is 0 Å². The van der Waals surface area contributed by atoms with E-state index >= 15 is 0 Å². The van der Waals surface area contributed by atoms with Crippen molar-refractivity contribution in [2.24, 2.45) is 0 Å². The highest BCUT2D eigenvalue weighted by molar-refractivity contribution is 6.30. The molecule has 1 amide bonds. The molecule has 1 atom stereocenters. The number of nitriles is 1. The van der Waals surface area contributed by atoms with Crippen molar-refractivity contribution in [1.29, 1.82) is 5.26 Å². The molecule has 0 aliphatic rings. The fourth-order valence-corrected chi connectivity index (χ4v) is 3.57. The molecule has 0 saturated heterocycles. The maximum absolute atomic E-state index is 12.4. The van der Waals surface area contributed by atoms with Crippen LogP contribution < -0.4 is 5.32 Å². The van der Waals surface area contributed by atoms with Crippen LogP contribution in [0.5, 0.6) is 0 Å². The minimum Gasteiger partial charge on any atom is -0.383 e. The number of methoxy groups -OCH3 is 1. The van der Waals surface area contributed by atoms with E-state index in [9.17, 15) is 10.1 Å². The van der Waals surface area contributed by atoms with E-state index in [1.807, 2.05) is 50.2 Å².